The van der Waals surface area contributed by atoms with Gasteiger partial charge in [0, 0.05) is 17.4 Å². The number of anilines is 1. The quantitative estimate of drug-likeness (QED) is 0.329. The molecule has 0 saturated carbocycles. The van der Waals surface area contributed by atoms with Crippen molar-refractivity contribution in [2.24, 2.45) is 0 Å². The first kappa shape index (κ1) is 22.3. The number of hydrogen-bond donors (Lipinski definition) is 1. The van der Waals surface area contributed by atoms with E-state index in [0.29, 0.717) is 23.6 Å². The van der Waals surface area contributed by atoms with Crippen LogP contribution in [0.5, 0.6) is 0 Å². The van der Waals surface area contributed by atoms with Gasteiger partial charge in [0.25, 0.3) is 0 Å². The van der Waals surface area contributed by atoms with Crippen LogP contribution in [0.3, 0.4) is 0 Å². The van der Waals surface area contributed by atoms with Crippen molar-refractivity contribution in [3.8, 4) is 33.9 Å². The van der Waals surface area contributed by atoms with Crippen molar-refractivity contribution in [1.82, 2.24) is 24.8 Å². The number of nitrogens with zero attached hydrogens (tertiary/aromatic N) is 5. The molecule has 0 aliphatic rings. The normalized spacial score (nSPS) is 10.9. The molecular weight excluding hydrogens is 460 g/mol. The van der Waals surface area contributed by atoms with Crippen LogP contribution in [0.4, 0.5) is 5.69 Å². The summed E-state index contributed by atoms with van der Waals surface area (Å²) in [5.41, 5.74) is 7.00. The number of amides is 1. The highest BCUT2D eigenvalue weighted by Gasteiger charge is 2.12. The predicted molar refractivity (Wildman–Crippen MR) is 144 cm³/mol. The molecule has 0 aliphatic heterocycles. The summed E-state index contributed by atoms with van der Waals surface area (Å²) >= 11 is 0. The zero-order chi connectivity index (χ0) is 25.0. The minimum Gasteiger partial charge on any atom is -0.326 e. The Hall–Kier alpha value is -5.17. The van der Waals surface area contributed by atoms with Gasteiger partial charge in [-0.05, 0) is 53.1 Å². The van der Waals surface area contributed by atoms with Gasteiger partial charge in [0.2, 0.25) is 11.7 Å². The van der Waals surface area contributed by atoms with E-state index in [-0.39, 0.29) is 5.91 Å². The molecule has 7 heteroatoms. The first-order chi connectivity index (χ1) is 18.2. The number of carbonyl (C=O) groups is 1. The van der Waals surface area contributed by atoms with Crippen LogP contribution in [0.25, 0.3) is 39.5 Å². The van der Waals surface area contributed by atoms with Crippen molar-refractivity contribution in [3.05, 3.63) is 121 Å². The molecule has 37 heavy (non-hydrogen) atoms. The van der Waals surface area contributed by atoms with E-state index in [0.717, 1.165) is 33.6 Å². The van der Waals surface area contributed by atoms with Crippen LogP contribution in [0.2, 0.25) is 0 Å². The Bertz CT molecular complexity index is 1660. The molecule has 6 aromatic rings. The summed E-state index contributed by atoms with van der Waals surface area (Å²) < 4.78 is 1.69. The molecule has 0 spiro atoms. The molecule has 7 nitrogen and oxygen atoms in total. The third-order valence-corrected chi connectivity index (χ3v) is 6.05. The molecule has 3 aromatic carbocycles. The Morgan fingerprint density at radius 3 is 2.16 bits per heavy atom. The molecule has 3 heterocycles. The maximum Gasteiger partial charge on any atom is 0.228 e. The Labute approximate surface area is 213 Å². The van der Waals surface area contributed by atoms with Crippen LogP contribution in [-0.4, -0.2) is 30.7 Å². The molecule has 0 fully saturated rings. The molecule has 0 bridgehead atoms. The molecule has 0 saturated heterocycles. The van der Waals surface area contributed by atoms with Crippen molar-refractivity contribution in [2.75, 3.05) is 5.32 Å². The monoisotopic (exact) mass is 482 g/mol. The van der Waals surface area contributed by atoms with Crippen LogP contribution >= 0.6 is 0 Å². The van der Waals surface area contributed by atoms with Crippen LogP contribution in [0.1, 0.15) is 5.56 Å². The third kappa shape index (κ3) is 4.83. The first-order valence-electron chi connectivity index (χ1n) is 11.9. The molecule has 1 amide bonds. The summed E-state index contributed by atoms with van der Waals surface area (Å²) in [7, 11) is 0. The zero-order valence-electron chi connectivity index (χ0n) is 19.8. The average molecular weight is 483 g/mol. The average Bonchev–Trinajstić information content (AvgIpc) is 3.38. The van der Waals surface area contributed by atoms with Crippen LogP contribution in [0.15, 0.2) is 115 Å². The molecule has 3 aromatic heterocycles. The largest absolute Gasteiger partial charge is 0.326 e. The standard InChI is InChI=1S/C30H22N6O/c37-29(20-21-9-11-23(12-10-21)22-6-2-1-3-7-22)32-25-15-13-24(14-16-25)26-17-18-28-33-34-30(36(28)35-26)27-8-4-5-19-31-27/h1-19H,20H2,(H,32,37). The van der Waals surface area contributed by atoms with Gasteiger partial charge in [-0.15, -0.1) is 10.2 Å². The Kier molecular flexibility index (Phi) is 5.93. The number of rotatable bonds is 6. The van der Waals surface area contributed by atoms with E-state index >= 15 is 0 Å². The number of hydrogen-bond acceptors (Lipinski definition) is 5. The van der Waals surface area contributed by atoms with Crippen molar-refractivity contribution in [3.63, 3.8) is 0 Å². The maximum atomic E-state index is 12.6. The molecule has 0 aliphatic carbocycles. The van der Waals surface area contributed by atoms with Crippen LogP contribution < -0.4 is 5.32 Å². The highest BCUT2D eigenvalue weighted by molar-refractivity contribution is 5.92. The summed E-state index contributed by atoms with van der Waals surface area (Å²) in [6, 6.07) is 35.3. The van der Waals surface area contributed by atoms with Crippen molar-refractivity contribution in [1.29, 1.82) is 0 Å². The molecule has 0 atom stereocenters. The van der Waals surface area contributed by atoms with Gasteiger partial charge in [0.15, 0.2) is 5.65 Å². The predicted octanol–water partition coefficient (Wildman–Crippen LogP) is 5.70. The van der Waals surface area contributed by atoms with Crippen molar-refractivity contribution in [2.45, 2.75) is 6.42 Å². The zero-order valence-corrected chi connectivity index (χ0v) is 19.8. The summed E-state index contributed by atoms with van der Waals surface area (Å²) in [6.07, 6.45) is 2.02. The number of nitrogens with one attached hydrogen (secondary N) is 1. The van der Waals surface area contributed by atoms with Gasteiger partial charge in [-0.25, -0.2) is 0 Å². The molecule has 178 valence electrons. The van der Waals surface area contributed by atoms with E-state index in [1.807, 2.05) is 97.1 Å². The van der Waals surface area contributed by atoms with Crippen LogP contribution in [-0.2, 0) is 11.2 Å². The smallest absolute Gasteiger partial charge is 0.228 e. The van der Waals surface area contributed by atoms with Crippen molar-refractivity contribution >= 4 is 17.2 Å². The summed E-state index contributed by atoms with van der Waals surface area (Å²) in [4.78, 5) is 17.0. The van der Waals surface area contributed by atoms with Gasteiger partial charge < -0.3 is 5.32 Å². The minimum absolute atomic E-state index is 0.0655. The number of benzene rings is 3. The lowest BCUT2D eigenvalue weighted by Crippen LogP contribution is -2.14. The Morgan fingerprint density at radius 1 is 0.676 bits per heavy atom. The van der Waals surface area contributed by atoms with Crippen LogP contribution in [0, 0.1) is 0 Å². The summed E-state index contributed by atoms with van der Waals surface area (Å²) in [5, 5.41) is 16.1. The maximum absolute atomic E-state index is 12.6. The third-order valence-electron chi connectivity index (χ3n) is 6.05. The van der Waals surface area contributed by atoms with Gasteiger partial charge in [-0.1, -0.05) is 72.8 Å². The van der Waals surface area contributed by atoms with Gasteiger partial charge >= 0.3 is 0 Å². The molecule has 0 unspecified atom stereocenters. The lowest BCUT2D eigenvalue weighted by atomic mass is 10.0. The van der Waals surface area contributed by atoms with Gasteiger partial charge in [0.1, 0.15) is 5.69 Å². The first-order valence-corrected chi connectivity index (χ1v) is 11.9. The highest BCUT2D eigenvalue weighted by atomic mass is 16.1. The fourth-order valence-corrected chi connectivity index (χ4v) is 4.16. The summed E-state index contributed by atoms with van der Waals surface area (Å²) in [5.74, 6) is 0.516. The highest BCUT2D eigenvalue weighted by Crippen LogP contribution is 2.23. The second kappa shape index (κ2) is 9.83. The fraction of sp³-hybridized carbons (Fsp3) is 0.0333. The molecule has 6 rings (SSSR count). The second-order valence-corrected chi connectivity index (χ2v) is 8.59. The Morgan fingerprint density at radius 2 is 1.41 bits per heavy atom. The lowest BCUT2D eigenvalue weighted by molar-refractivity contribution is -0.115. The van der Waals surface area contributed by atoms with Gasteiger partial charge in [-0.2, -0.15) is 9.61 Å². The molecular formula is C30H22N6O. The molecule has 0 radical (unpaired) electrons. The second-order valence-electron chi connectivity index (χ2n) is 8.59. The SMILES string of the molecule is O=C(Cc1ccc(-c2ccccc2)cc1)Nc1ccc(-c2ccc3nnc(-c4ccccn4)n3n2)cc1. The van der Waals surface area contributed by atoms with E-state index in [4.69, 9.17) is 5.10 Å². The molecule has 1 N–H and O–H groups in total. The Balaban J connectivity index is 1.14. The van der Waals surface area contributed by atoms with E-state index < -0.39 is 0 Å². The summed E-state index contributed by atoms with van der Waals surface area (Å²) in [6.45, 7) is 0. The number of fused-ring (bicyclic) bond motifs is 1. The van der Waals surface area contributed by atoms with Crippen molar-refractivity contribution < 1.29 is 4.79 Å². The van der Waals surface area contributed by atoms with Gasteiger partial charge in [0.05, 0.1) is 12.1 Å². The van der Waals surface area contributed by atoms with E-state index in [1.54, 1.807) is 10.7 Å². The topological polar surface area (TPSA) is 85.1 Å². The minimum atomic E-state index is -0.0655. The fourth-order valence-electron chi connectivity index (χ4n) is 4.16. The van der Waals surface area contributed by atoms with E-state index in [9.17, 15) is 4.79 Å². The lowest BCUT2D eigenvalue weighted by Gasteiger charge is -2.08. The number of pyridine rings is 1. The number of carbonyl (C=O) groups excluding carboxylic acids is 1. The number of aromatic nitrogens is 5. The van der Waals surface area contributed by atoms with Gasteiger partial charge in [-0.3, -0.25) is 9.78 Å². The van der Waals surface area contributed by atoms with E-state index in [1.165, 1.54) is 0 Å². The van der Waals surface area contributed by atoms with E-state index in [2.05, 4.69) is 32.6 Å².